The SMILES string of the molecule is COC(CN)CC(=O)Nc1cccc(CN2CCCCC2)c1.Cl.Cl. The maximum absolute atomic E-state index is 12.0. The Morgan fingerprint density at radius 1 is 1.29 bits per heavy atom. The minimum Gasteiger partial charge on any atom is -0.380 e. The van der Waals surface area contributed by atoms with Crippen LogP contribution < -0.4 is 11.1 Å². The molecule has 138 valence electrons. The summed E-state index contributed by atoms with van der Waals surface area (Å²) in [6.45, 7) is 3.64. The minimum absolute atomic E-state index is 0. The Morgan fingerprint density at radius 2 is 2.00 bits per heavy atom. The zero-order chi connectivity index (χ0) is 15.8. The highest BCUT2D eigenvalue weighted by Crippen LogP contribution is 2.16. The number of nitrogens with two attached hydrogens (primary N) is 1. The number of halogens is 2. The van der Waals surface area contributed by atoms with E-state index in [-0.39, 0.29) is 43.2 Å². The van der Waals surface area contributed by atoms with Crippen LogP contribution in [0.1, 0.15) is 31.2 Å². The lowest BCUT2D eigenvalue weighted by Crippen LogP contribution is -2.29. The van der Waals surface area contributed by atoms with E-state index >= 15 is 0 Å². The maximum atomic E-state index is 12.0. The monoisotopic (exact) mass is 377 g/mol. The summed E-state index contributed by atoms with van der Waals surface area (Å²) in [6, 6.07) is 8.08. The Balaban J connectivity index is 0.00000264. The molecule has 0 spiro atoms. The van der Waals surface area contributed by atoms with Gasteiger partial charge in [0, 0.05) is 25.9 Å². The van der Waals surface area contributed by atoms with Gasteiger partial charge in [-0.05, 0) is 43.6 Å². The maximum Gasteiger partial charge on any atom is 0.227 e. The molecular weight excluding hydrogens is 349 g/mol. The zero-order valence-corrected chi connectivity index (χ0v) is 15.8. The lowest BCUT2D eigenvalue weighted by Gasteiger charge is -2.26. The molecule has 1 saturated heterocycles. The molecule has 0 saturated carbocycles. The van der Waals surface area contributed by atoms with Gasteiger partial charge in [-0.3, -0.25) is 9.69 Å². The molecule has 2 rings (SSSR count). The second-order valence-electron chi connectivity index (χ2n) is 5.88. The topological polar surface area (TPSA) is 67.6 Å². The van der Waals surface area contributed by atoms with Gasteiger partial charge in [-0.25, -0.2) is 0 Å². The van der Waals surface area contributed by atoms with E-state index in [1.54, 1.807) is 7.11 Å². The summed E-state index contributed by atoms with van der Waals surface area (Å²) in [4.78, 5) is 14.5. The fourth-order valence-electron chi connectivity index (χ4n) is 2.80. The molecule has 0 aliphatic carbocycles. The van der Waals surface area contributed by atoms with Crippen molar-refractivity contribution >= 4 is 36.4 Å². The van der Waals surface area contributed by atoms with Crippen molar-refractivity contribution in [3.8, 4) is 0 Å². The molecule has 1 aliphatic heterocycles. The van der Waals surface area contributed by atoms with Crippen molar-refractivity contribution in [2.75, 3.05) is 32.1 Å². The molecule has 24 heavy (non-hydrogen) atoms. The minimum atomic E-state index is -0.225. The van der Waals surface area contributed by atoms with Gasteiger partial charge < -0.3 is 15.8 Å². The lowest BCUT2D eigenvalue weighted by atomic mass is 10.1. The fourth-order valence-corrected chi connectivity index (χ4v) is 2.80. The first-order valence-corrected chi connectivity index (χ1v) is 8.05. The number of ether oxygens (including phenoxy) is 1. The van der Waals surface area contributed by atoms with Gasteiger partial charge >= 0.3 is 0 Å². The molecule has 0 aromatic heterocycles. The van der Waals surface area contributed by atoms with E-state index in [4.69, 9.17) is 10.5 Å². The molecule has 1 amide bonds. The van der Waals surface area contributed by atoms with Gasteiger partial charge in [-0.15, -0.1) is 24.8 Å². The van der Waals surface area contributed by atoms with Crippen molar-refractivity contribution in [2.24, 2.45) is 5.73 Å². The Bertz CT molecular complexity index is 479. The summed E-state index contributed by atoms with van der Waals surface area (Å²) in [5.41, 5.74) is 7.62. The van der Waals surface area contributed by atoms with Crippen LogP contribution in [0.3, 0.4) is 0 Å². The number of hydrogen-bond donors (Lipinski definition) is 2. The lowest BCUT2D eigenvalue weighted by molar-refractivity contribution is -0.118. The van der Waals surface area contributed by atoms with E-state index in [9.17, 15) is 4.79 Å². The van der Waals surface area contributed by atoms with Gasteiger partial charge in [-0.1, -0.05) is 18.6 Å². The third-order valence-electron chi connectivity index (χ3n) is 4.07. The summed E-state index contributed by atoms with van der Waals surface area (Å²) in [7, 11) is 1.57. The summed E-state index contributed by atoms with van der Waals surface area (Å²) in [5.74, 6) is -0.0626. The van der Waals surface area contributed by atoms with Crippen molar-refractivity contribution < 1.29 is 9.53 Å². The van der Waals surface area contributed by atoms with Crippen LogP contribution in [-0.4, -0.2) is 43.7 Å². The Kier molecular flexibility index (Phi) is 12.1. The molecule has 1 aliphatic rings. The molecular formula is C17H29Cl2N3O2. The average molecular weight is 378 g/mol. The number of amides is 1. The van der Waals surface area contributed by atoms with Crippen LogP contribution in [0.5, 0.6) is 0 Å². The number of carbonyl (C=O) groups is 1. The summed E-state index contributed by atoms with van der Waals surface area (Å²) in [6.07, 6.45) is 3.97. The molecule has 0 radical (unpaired) electrons. The van der Waals surface area contributed by atoms with Crippen LogP contribution in [0.25, 0.3) is 0 Å². The normalized spacial score (nSPS) is 15.8. The van der Waals surface area contributed by atoms with E-state index in [2.05, 4.69) is 22.3 Å². The van der Waals surface area contributed by atoms with Crippen LogP contribution in [0.4, 0.5) is 5.69 Å². The molecule has 7 heteroatoms. The van der Waals surface area contributed by atoms with Gasteiger partial charge in [-0.2, -0.15) is 0 Å². The van der Waals surface area contributed by atoms with Gasteiger partial charge in [0.2, 0.25) is 5.91 Å². The Labute approximate surface area is 157 Å². The summed E-state index contributed by atoms with van der Waals surface area (Å²) >= 11 is 0. The highest BCUT2D eigenvalue weighted by Gasteiger charge is 2.13. The smallest absolute Gasteiger partial charge is 0.227 e. The molecule has 5 nitrogen and oxygen atoms in total. The van der Waals surface area contributed by atoms with Crippen molar-refractivity contribution in [3.05, 3.63) is 29.8 Å². The Hall–Kier alpha value is -0.850. The third-order valence-corrected chi connectivity index (χ3v) is 4.07. The number of piperidine rings is 1. The molecule has 1 heterocycles. The Morgan fingerprint density at radius 3 is 2.62 bits per heavy atom. The largest absolute Gasteiger partial charge is 0.380 e. The van der Waals surface area contributed by atoms with Gasteiger partial charge in [0.15, 0.2) is 0 Å². The first kappa shape index (κ1) is 23.1. The summed E-state index contributed by atoms with van der Waals surface area (Å²) in [5, 5.41) is 2.93. The third kappa shape index (κ3) is 7.81. The van der Waals surface area contributed by atoms with Crippen molar-refractivity contribution in [3.63, 3.8) is 0 Å². The number of benzene rings is 1. The van der Waals surface area contributed by atoms with Crippen LogP contribution in [0.15, 0.2) is 24.3 Å². The highest BCUT2D eigenvalue weighted by atomic mass is 35.5. The number of rotatable bonds is 7. The standard InChI is InChI=1S/C17H27N3O2.2ClH/c1-22-16(12-18)11-17(21)19-15-7-5-6-14(10-15)13-20-8-3-2-4-9-20;;/h5-7,10,16H,2-4,8-9,11-13,18H2,1H3,(H,19,21);2*1H. The van der Waals surface area contributed by atoms with Crippen LogP contribution in [0, 0.1) is 0 Å². The number of methoxy groups -OCH3 is 1. The average Bonchev–Trinajstić information content (AvgIpc) is 2.54. The first-order chi connectivity index (χ1) is 10.7. The number of likely N-dealkylation sites (tertiary alicyclic amines) is 1. The summed E-state index contributed by atoms with van der Waals surface area (Å²) < 4.78 is 5.14. The first-order valence-electron chi connectivity index (χ1n) is 8.05. The van der Waals surface area contributed by atoms with E-state index in [0.29, 0.717) is 6.54 Å². The van der Waals surface area contributed by atoms with Crippen LogP contribution in [-0.2, 0) is 16.1 Å². The molecule has 0 bridgehead atoms. The van der Waals surface area contributed by atoms with E-state index in [1.807, 2.05) is 12.1 Å². The number of anilines is 1. The predicted molar refractivity (Wildman–Crippen MR) is 103 cm³/mol. The number of nitrogens with zero attached hydrogens (tertiary/aromatic N) is 1. The zero-order valence-electron chi connectivity index (χ0n) is 14.2. The van der Waals surface area contributed by atoms with Crippen molar-refractivity contribution in [1.29, 1.82) is 0 Å². The molecule has 1 aromatic rings. The molecule has 1 atom stereocenters. The molecule has 1 unspecified atom stereocenters. The quantitative estimate of drug-likeness (QED) is 0.766. The van der Waals surface area contributed by atoms with Crippen molar-refractivity contribution in [2.45, 2.75) is 38.3 Å². The predicted octanol–water partition coefficient (Wildman–Crippen LogP) is 2.82. The van der Waals surface area contributed by atoms with E-state index in [1.165, 1.54) is 37.9 Å². The van der Waals surface area contributed by atoms with Gasteiger partial charge in [0.25, 0.3) is 0 Å². The number of carbonyl (C=O) groups excluding carboxylic acids is 1. The van der Waals surface area contributed by atoms with Gasteiger partial charge in [0.05, 0.1) is 12.5 Å². The van der Waals surface area contributed by atoms with Crippen molar-refractivity contribution in [1.82, 2.24) is 4.90 Å². The molecule has 1 aromatic carbocycles. The van der Waals surface area contributed by atoms with Crippen LogP contribution >= 0.6 is 24.8 Å². The second-order valence-corrected chi connectivity index (χ2v) is 5.88. The molecule has 1 fully saturated rings. The number of hydrogen-bond acceptors (Lipinski definition) is 4. The van der Waals surface area contributed by atoms with Crippen LogP contribution in [0.2, 0.25) is 0 Å². The van der Waals surface area contributed by atoms with E-state index in [0.717, 1.165) is 12.2 Å². The van der Waals surface area contributed by atoms with E-state index < -0.39 is 0 Å². The molecule has 3 N–H and O–H groups in total. The number of nitrogens with one attached hydrogen (secondary N) is 1. The van der Waals surface area contributed by atoms with Gasteiger partial charge in [0.1, 0.15) is 0 Å². The highest BCUT2D eigenvalue weighted by molar-refractivity contribution is 5.91. The fraction of sp³-hybridized carbons (Fsp3) is 0.588. The second kappa shape index (κ2) is 12.5.